The molecule has 3 rings (SSSR count). The molecule has 21 heavy (non-hydrogen) atoms. The van der Waals surface area contributed by atoms with Crippen LogP contribution in [0.2, 0.25) is 0 Å². The maximum atomic E-state index is 6.09. The Kier molecular flexibility index (Phi) is 4.38. The monoisotopic (exact) mass is 350 g/mol. The number of fused-ring (bicyclic) bond motifs is 1. The second-order valence-electron chi connectivity index (χ2n) is 6.26. The van der Waals surface area contributed by atoms with Crippen LogP contribution in [0.4, 0.5) is 0 Å². The van der Waals surface area contributed by atoms with Gasteiger partial charge in [0, 0.05) is 22.4 Å². The van der Waals surface area contributed by atoms with E-state index in [1.807, 2.05) is 12.1 Å². The molecule has 2 aromatic rings. The van der Waals surface area contributed by atoms with Gasteiger partial charge in [-0.2, -0.15) is 0 Å². The van der Waals surface area contributed by atoms with E-state index in [2.05, 4.69) is 46.8 Å². The van der Waals surface area contributed by atoms with Gasteiger partial charge in [-0.1, -0.05) is 15.9 Å². The van der Waals surface area contributed by atoms with Crippen LogP contribution in [0.1, 0.15) is 38.5 Å². The molecule has 3 unspecified atom stereocenters. The van der Waals surface area contributed by atoms with Crippen LogP contribution in [-0.4, -0.2) is 24.0 Å². The Morgan fingerprint density at radius 2 is 2.14 bits per heavy atom. The van der Waals surface area contributed by atoms with Crippen LogP contribution >= 0.6 is 15.9 Å². The summed E-state index contributed by atoms with van der Waals surface area (Å²) >= 11 is 3.51. The summed E-state index contributed by atoms with van der Waals surface area (Å²) in [5.41, 5.74) is 7.05. The van der Waals surface area contributed by atoms with Crippen molar-refractivity contribution in [2.45, 2.75) is 38.8 Å². The van der Waals surface area contributed by atoms with E-state index >= 15 is 0 Å². The molecule has 1 fully saturated rings. The molecule has 0 bridgehead atoms. The average molecular weight is 351 g/mol. The molecule has 0 amide bonds. The largest absolute Gasteiger partial charge is 0.459 e. The van der Waals surface area contributed by atoms with Crippen molar-refractivity contribution >= 4 is 26.9 Å². The minimum absolute atomic E-state index is 0.270. The van der Waals surface area contributed by atoms with Gasteiger partial charge in [0.2, 0.25) is 0 Å². The van der Waals surface area contributed by atoms with E-state index in [-0.39, 0.29) is 6.04 Å². The number of benzene rings is 1. The van der Waals surface area contributed by atoms with E-state index in [1.54, 1.807) is 0 Å². The Morgan fingerprint density at radius 3 is 2.90 bits per heavy atom. The third kappa shape index (κ3) is 3.17. The third-order valence-corrected chi connectivity index (χ3v) is 5.18. The average Bonchev–Trinajstić information content (AvgIpc) is 2.89. The molecule has 0 saturated carbocycles. The fourth-order valence-corrected chi connectivity index (χ4v) is 3.62. The third-order valence-electron chi connectivity index (χ3n) is 4.69. The van der Waals surface area contributed by atoms with Gasteiger partial charge in [-0.15, -0.1) is 0 Å². The van der Waals surface area contributed by atoms with Crippen molar-refractivity contribution in [3.63, 3.8) is 0 Å². The van der Waals surface area contributed by atoms with E-state index in [9.17, 15) is 0 Å². The molecule has 1 aliphatic heterocycles. The lowest BCUT2D eigenvalue weighted by atomic mass is 9.91. The maximum absolute atomic E-state index is 6.09. The second kappa shape index (κ2) is 6.11. The van der Waals surface area contributed by atoms with Crippen molar-refractivity contribution in [2.24, 2.45) is 11.7 Å². The van der Waals surface area contributed by atoms with Gasteiger partial charge in [0.15, 0.2) is 0 Å². The number of piperidine rings is 1. The Labute approximate surface area is 134 Å². The van der Waals surface area contributed by atoms with Gasteiger partial charge in [0.05, 0.1) is 6.04 Å². The number of hydrogen-bond acceptors (Lipinski definition) is 3. The molecule has 1 aliphatic rings. The molecule has 3 nitrogen and oxygen atoms in total. The van der Waals surface area contributed by atoms with Crippen LogP contribution < -0.4 is 5.73 Å². The lowest BCUT2D eigenvalue weighted by Crippen LogP contribution is -2.43. The lowest BCUT2D eigenvalue weighted by Gasteiger charge is -2.37. The molecule has 4 heteroatoms. The summed E-state index contributed by atoms with van der Waals surface area (Å²) in [5, 5.41) is 1.16. The highest BCUT2D eigenvalue weighted by Crippen LogP contribution is 2.32. The lowest BCUT2D eigenvalue weighted by molar-refractivity contribution is 0.111. The Hall–Kier alpha value is -0.840. The predicted octanol–water partition coefficient (Wildman–Crippen LogP) is 4.32. The molecule has 0 radical (unpaired) electrons. The van der Waals surface area contributed by atoms with Crippen LogP contribution in [0.25, 0.3) is 11.0 Å². The van der Waals surface area contributed by atoms with E-state index < -0.39 is 0 Å². The van der Waals surface area contributed by atoms with Crippen molar-refractivity contribution in [1.29, 1.82) is 0 Å². The molecule has 0 aliphatic carbocycles. The summed E-state index contributed by atoms with van der Waals surface area (Å²) in [5.74, 6) is 1.65. The first kappa shape index (κ1) is 15.1. The van der Waals surface area contributed by atoms with E-state index in [4.69, 9.17) is 10.2 Å². The number of halogens is 1. The first-order valence-electron chi connectivity index (χ1n) is 7.73. The Morgan fingerprint density at radius 1 is 1.33 bits per heavy atom. The van der Waals surface area contributed by atoms with Gasteiger partial charge in [-0.25, -0.2) is 0 Å². The minimum atomic E-state index is 0.270. The molecule has 0 spiro atoms. The summed E-state index contributed by atoms with van der Waals surface area (Å²) in [6.07, 6.45) is 2.47. The zero-order valence-corrected chi connectivity index (χ0v) is 14.3. The van der Waals surface area contributed by atoms with E-state index in [1.165, 1.54) is 12.8 Å². The highest BCUT2D eigenvalue weighted by Gasteiger charge is 2.27. The molecule has 114 valence electrons. The molecule has 1 aromatic heterocycles. The molecule has 2 N–H and O–H groups in total. The van der Waals surface area contributed by atoms with Crippen LogP contribution in [0.15, 0.2) is 33.2 Å². The minimum Gasteiger partial charge on any atom is -0.459 e. The molecular formula is C17H23BrN2O. The van der Waals surface area contributed by atoms with Crippen molar-refractivity contribution in [2.75, 3.05) is 13.1 Å². The number of nitrogens with two attached hydrogens (primary N) is 1. The Bertz CT molecular complexity index is 622. The van der Waals surface area contributed by atoms with Gasteiger partial charge < -0.3 is 10.2 Å². The zero-order chi connectivity index (χ0) is 15.0. The molecule has 2 heterocycles. The number of hydrogen-bond donors (Lipinski definition) is 1. The van der Waals surface area contributed by atoms with Crippen LogP contribution in [-0.2, 0) is 0 Å². The molecule has 1 saturated heterocycles. The highest BCUT2D eigenvalue weighted by molar-refractivity contribution is 9.10. The van der Waals surface area contributed by atoms with Crippen LogP contribution in [0.3, 0.4) is 0 Å². The van der Waals surface area contributed by atoms with E-state index in [0.717, 1.165) is 34.3 Å². The first-order chi connectivity index (χ1) is 10.0. The van der Waals surface area contributed by atoms with Crippen molar-refractivity contribution < 1.29 is 4.42 Å². The molecule has 3 atom stereocenters. The maximum Gasteiger partial charge on any atom is 0.134 e. The standard InChI is InChI=1S/C17H23BrN2O/c1-11(19)13-4-3-7-20(10-13)12(2)17-9-14-8-15(18)5-6-16(14)21-17/h5-6,8-9,11-13H,3-4,7,10,19H2,1-2H3. The fraction of sp³-hybridized carbons (Fsp3) is 0.529. The van der Waals surface area contributed by atoms with Crippen molar-refractivity contribution in [3.8, 4) is 0 Å². The van der Waals surface area contributed by atoms with Gasteiger partial charge in [-0.05, 0) is 63.4 Å². The van der Waals surface area contributed by atoms with Crippen LogP contribution in [0, 0.1) is 5.92 Å². The number of rotatable bonds is 3. The number of furan rings is 1. The van der Waals surface area contributed by atoms with Crippen LogP contribution in [0.5, 0.6) is 0 Å². The SMILES string of the molecule is CC(N)C1CCCN(C(C)c2cc3cc(Br)ccc3o2)C1. The second-order valence-corrected chi connectivity index (χ2v) is 7.18. The van der Waals surface area contributed by atoms with E-state index in [0.29, 0.717) is 12.0 Å². The Balaban J connectivity index is 1.81. The first-order valence-corrected chi connectivity index (χ1v) is 8.52. The normalized spacial score (nSPS) is 23.3. The van der Waals surface area contributed by atoms with Crippen molar-refractivity contribution in [3.05, 3.63) is 34.5 Å². The summed E-state index contributed by atoms with van der Waals surface area (Å²) in [7, 11) is 0. The van der Waals surface area contributed by atoms with Crippen molar-refractivity contribution in [1.82, 2.24) is 4.90 Å². The smallest absolute Gasteiger partial charge is 0.134 e. The molecule has 1 aromatic carbocycles. The summed E-state index contributed by atoms with van der Waals surface area (Å²) in [6.45, 7) is 6.55. The predicted molar refractivity (Wildman–Crippen MR) is 90.3 cm³/mol. The molecular weight excluding hydrogens is 328 g/mol. The highest BCUT2D eigenvalue weighted by atomic mass is 79.9. The van der Waals surface area contributed by atoms with Gasteiger partial charge in [-0.3, -0.25) is 4.90 Å². The van der Waals surface area contributed by atoms with Gasteiger partial charge in [0.25, 0.3) is 0 Å². The zero-order valence-electron chi connectivity index (χ0n) is 12.7. The quantitative estimate of drug-likeness (QED) is 0.896. The van der Waals surface area contributed by atoms with Gasteiger partial charge >= 0.3 is 0 Å². The summed E-state index contributed by atoms with van der Waals surface area (Å²) in [6, 6.07) is 8.89. The summed E-state index contributed by atoms with van der Waals surface area (Å²) < 4.78 is 7.13. The number of nitrogens with zero attached hydrogens (tertiary/aromatic N) is 1. The topological polar surface area (TPSA) is 42.4 Å². The summed E-state index contributed by atoms with van der Waals surface area (Å²) in [4.78, 5) is 2.50. The van der Waals surface area contributed by atoms with Gasteiger partial charge in [0.1, 0.15) is 11.3 Å². The number of likely N-dealkylation sites (tertiary alicyclic amines) is 1. The fourth-order valence-electron chi connectivity index (χ4n) is 3.24.